The van der Waals surface area contributed by atoms with E-state index in [2.05, 4.69) is 10.4 Å². The maximum atomic E-state index is 13.0. The first-order chi connectivity index (χ1) is 15.2. The van der Waals surface area contributed by atoms with E-state index in [1.807, 2.05) is 0 Å². The van der Waals surface area contributed by atoms with Crippen molar-refractivity contribution in [2.75, 3.05) is 31.2 Å². The molecule has 3 aliphatic rings. The zero-order chi connectivity index (χ0) is 22.6. The van der Waals surface area contributed by atoms with E-state index in [9.17, 15) is 22.8 Å². The Morgan fingerprint density at radius 3 is 2.69 bits per heavy atom. The van der Waals surface area contributed by atoms with Gasteiger partial charge in [-0.2, -0.15) is 5.10 Å². The van der Waals surface area contributed by atoms with E-state index < -0.39 is 34.4 Å². The molecule has 170 valence electrons. The topological polar surface area (TPSA) is 141 Å². The molecule has 2 aromatic heterocycles. The number of amides is 3. The van der Waals surface area contributed by atoms with Crippen molar-refractivity contribution in [3.05, 3.63) is 23.0 Å². The van der Waals surface area contributed by atoms with E-state index >= 15 is 0 Å². The number of ether oxygens (including phenoxy) is 1. The Hall–Kier alpha value is -3.02. The molecule has 4 heterocycles. The Morgan fingerprint density at radius 2 is 2.06 bits per heavy atom. The van der Waals surface area contributed by atoms with Gasteiger partial charge < -0.3 is 10.1 Å². The zero-order valence-corrected chi connectivity index (χ0v) is 18.4. The molecule has 1 aliphatic carbocycles. The van der Waals surface area contributed by atoms with Gasteiger partial charge in [-0.1, -0.05) is 0 Å². The number of sulfone groups is 1. The summed E-state index contributed by atoms with van der Waals surface area (Å²) in [5.74, 6) is -0.970. The van der Waals surface area contributed by atoms with Crippen molar-refractivity contribution in [1.82, 2.24) is 25.0 Å². The van der Waals surface area contributed by atoms with Crippen LogP contribution in [0, 0.1) is 6.92 Å². The minimum Gasteiger partial charge on any atom is -0.452 e. The summed E-state index contributed by atoms with van der Waals surface area (Å²) >= 11 is 0. The number of rotatable bonds is 5. The summed E-state index contributed by atoms with van der Waals surface area (Å²) in [6.07, 6.45) is 2.36. The third kappa shape index (κ3) is 3.72. The van der Waals surface area contributed by atoms with Gasteiger partial charge in [0.25, 0.3) is 5.91 Å². The van der Waals surface area contributed by atoms with E-state index in [0.29, 0.717) is 29.7 Å². The number of fused-ring (bicyclic) bond motifs is 1. The summed E-state index contributed by atoms with van der Waals surface area (Å²) in [6, 6.07) is 0.842. The molecule has 0 aromatic carbocycles. The van der Waals surface area contributed by atoms with E-state index in [4.69, 9.17) is 9.72 Å². The van der Waals surface area contributed by atoms with Crippen molar-refractivity contribution in [3.63, 3.8) is 0 Å². The largest absolute Gasteiger partial charge is 0.452 e. The molecule has 3 amide bonds. The molecule has 5 rings (SSSR count). The Bertz CT molecular complexity index is 1250. The second-order valence-corrected chi connectivity index (χ2v) is 10.7. The van der Waals surface area contributed by atoms with Gasteiger partial charge in [-0.25, -0.2) is 27.7 Å². The Balaban J connectivity index is 1.47. The highest BCUT2D eigenvalue weighted by atomic mass is 32.2. The van der Waals surface area contributed by atoms with E-state index in [0.717, 1.165) is 23.4 Å². The molecule has 2 saturated heterocycles. The molecule has 1 saturated carbocycles. The van der Waals surface area contributed by atoms with Crippen LogP contribution in [0.4, 0.5) is 4.79 Å². The Morgan fingerprint density at radius 1 is 1.28 bits per heavy atom. The van der Waals surface area contributed by atoms with E-state index in [1.165, 1.54) is 0 Å². The van der Waals surface area contributed by atoms with Crippen molar-refractivity contribution in [3.8, 4) is 0 Å². The van der Waals surface area contributed by atoms with Crippen LogP contribution in [-0.4, -0.2) is 77.2 Å². The number of esters is 1. The fourth-order valence-electron chi connectivity index (χ4n) is 4.30. The summed E-state index contributed by atoms with van der Waals surface area (Å²) in [7, 11) is -3.13. The molecular formula is C20H23N5O6S. The molecule has 2 aliphatic heterocycles. The number of nitrogens with zero attached hydrogens (tertiary/aromatic N) is 4. The van der Waals surface area contributed by atoms with Gasteiger partial charge in [-0.15, -0.1) is 0 Å². The molecule has 0 unspecified atom stereocenters. The smallest absolute Gasteiger partial charge is 0.339 e. The van der Waals surface area contributed by atoms with E-state index in [-0.39, 0.29) is 35.6 Å². The van der Waals surface area contributed by atoms with Crippen LogP contribution < -0.4 is 5.32 Å². The highest BCUT2D eigenvalue weighted by molar-refractivity contribution is 7.91. The third-order valence-corrected chi connectivity index (χ3v) is 7.86. The molecular weight excluding hydrogens is 438 g/mol. The quantitative estimate of drug-likeness (QED) is 0.641. The first kappa shape index (κ1) is 20.9. The molecule has 3 fully saturated rings. The molecule has 11 nitrogen and oxygen atoms in total. The number of aryl methyl sites for hydroxylation is 1. The first-order valence-corrected chi connectivity index (χ1v) is 12.4. The Labute approximate surface area is 184 Å². The molecule has 1 atom stereocenters. The van der Waals surface area contributed by atoms with Crippen LogP contribution in [0.3, 0.4) is 0 Å². The molecule has 0 bridgehead atoms. The highest BCUT2D eigenvalue weighted by Gasteiger charge is 2.34. The monoisotopic (exact) mass is 461 g/mol. The molecule has 2 aromatic rings. The fraction of sp³-hybridized carbons (Fsp3) is 0.550. The molecule has 0 radical (unpaired) electrons. The number of hydrogen-bond donors (Lipinski definition) is 1. The lowest BCUT2D eigenvalue weighted by Gasteiger charge is -2.13. The second kappa shape index (κ2) is 7.54. The van der Waals surface area contributed by atoms with Crippen LogP contribution in [0.5, 0.6) is 0 Å². The number of carbonyl (C=O) groups is 3. The van der Waals surface area contributed by atoms with Gasteiger partial charge in [0.2, 0.25) is 0 Å². The second-order valence-electron chi connectivity index (χ2n) is 8.51. The van der Waals surface area contributed by atoms with Gasteiger partial charge in [0, 0.05) is 24.7 Å². The van der Waals surface area contributed by atoms with Gasteiger partial charge in [-0.3, -0.25) is 9.69 Å². The average Bonchev–Trinajstić information content (AvgIpc) is 3.30. The first-order valence-electron chi connectivity index (χ1n) is 10.6. The summed E-state index contributed by atoms with van der Waals surface area (Å²) in [6.45, 7) is 1.78. The van der Waals surface area contributed by atoms with Crippen LogP contribution in [0.15, 0.2) is 6.07 Å². The van der Waals surface area contributed by atoms with Crippen LogP contribution in [0.25, 0.3) is 11.0 Å². The fourth-order valence-corrected chi connectivity index (χ4v) is 5.99. The summed E-state index contributed by atoms with van der Waals surface area (Å²) in [4.78, 5) is 42.6. The highest BCUT2D eigenvalue weighted by Crippen LogP contribution is 2.41. The number of aromatic nitrogens is 3. The lowest BCUT2D eigenvalue weighted by molar-refractivity contribution is -0.130. The SMILES string of the molecule is Cc1nn([C@H]2CCS(=O)(=O)C2)c2nc(C3CC3)cc(C(=O)OCC(=O)N3CCNC3=O)c12. The minimum atomic E-state index is -3.13. The van der Waals surface area contributed by atoms with Crippen molar-refractivity contribution < 1.29 is 27.5 Å². The van der Waals surface area contributed by atoms with Crippen molar-refractivity contribution >= 4 is 38.8 Å². The summed E-state index contributed by atoms with van der Waals surface area (Å²) < 4.78 is 30.9. The number of nitrogens with one attached hydrogen (secondary N) is 1. The van der Waals surface area contributed by atoms with Crippen LogP contribution in [0.1, 0.15) is 53.0 Å². The van der Waals surface area contributed by atoms with E-state index in [1.54, 1.807) is 17.7 Å². The molecule has 32 heavy (non-hydrogen) atoms. The maximum absolute atomic E-state index is 13.0. The Kier molecular flexibility index (Phi) is 4.91. The maximum Gasteiger partial charge on any atom is 0.339 e. The lowest BCUT2D eigenvalue weighted by Crippen LogP contribution is -2.37. The summed E-state index contributed by atoms with van der Waals surface area (Å²) in [5, 5.41) is 7.55. The van der Waals surface area contributed by atoms with Gasteiger partial charge in [-0.05, 0) is 32.3 Å². The van der Waals surface area contributed by atoms with Crippen molar-refractivity contribution in [1.29, 1.82) is 0 Å². The van der Waals surface area contributed by atoms with Crippen LogP contribution in [0.2, 0.25) is 0 Å². The third-order valence-electron chi connectivity index (χ3n) is 6.11. The molecule has 0 spiro atoms. The number of hydrogen-bond acceptors (Lipinski definition) is 8. The van der Waals surface area contributed by atoms with Crippen LogP contribution in [-0.2, 0) is 19.4 Å². The van der Waals surface area contributed by atoms with Crippen LogP contribution >= 0.6 is 0 Å². The average molecular weight is 462 g/mol. The normalized spacial score (nSPS) is 22.3. The number of carbonyl (C=O) groups excluding carboxylic acids is 3. The van der Waals surface area contributed by atoms with Gasteiger partial charge >= 0.3 is 12.0 Å². The predicted molar refractivity (Wildman–Crippen MR) is 112 cm³/mol. The molecule has 12 heteroatoms. The standard InChI is InChI=1S/C20H23N5O6S/c1-11-17-14(19(27)31-9-16(26)24-6-5-21-20(24)28)8-15(12-2-3-12)22-18(17)25(23-11)13-4-7-32(29,30)10-13/h8,12-13H,2-7,9-10H2,1H3,(H,21,28)/t13-/m0/s1. The number of imide groups is 1. The van der Waals surface area contributed by atoms with Crippen molar-refractivity contribution in [2.24, 2.45) is 0 Å². The number of urea groups is 1. The van der Waals surface area contributed by atoms with Gasteiger partial charge in [0.1, 0.15) is 0 Å². The lowest BCUT2D eigenvalue weighted by atomic mass is 10.1. The van der Waals surface area contributed by atoms with Crippen molar-refractivity contribution in [2.45, 2.75) is 38.1 Å². The minimum absolute atomic E-state index is 0.00919. The predicted octanol–water partition coefficient (Wildman–Crippen LogP) is 0.685. The zero-order valence-electron chi connectivity index (χ0n) is 17.5. The summed E-state index contributed by atoms with van der Waals surface area (Å²) in [5.41, 5.74) is 1.99. The molecule has 1 N–H and O–H groups in total. The number of pyridine rings is 1. The van der Waals surface area contributed by atoms with Gasteiger partial charge in [0.15, 0.2) is 22.1 Å². The van der Waals surface area contributed by atoms with Gasteiger partial charge in [0.05, 0.1) is 34.2 Å².